The zero-order valence-electron chi connectivity index (χ0n) is 19.9. The fourth-order valence-corrected chi connectivity index (χ4v) is 3.88. The summed E-state index contributed by atoms with van der Waals surface area (Å²) < 4.78 is 6.67. The lowest BCUT2D eigenvalue weighted by molar-refractivity contribution is -0.143. The van der Waals surface area contributed by atoms with Crippen LogP contribution in [-0.2, 0) is 16.1 Å². The molecule has 0 bridgehead atoms. The molecule has 2 rings (SSSR count). The second kappa shape index (κ2) is 11.5. The smallest absolute Gasteiger partial charge is 0.261 e. The second-order valence-electron chi connectivity index (χ2n) is 9.30. The van der Waals surface area contributed by atoms with E-state index < -0.39 is 6.04 Å². The third-order valence-electron chi connectivity index (χ3n) is 5.05. The number of amides is 2. The Labute approximate surface area is 200 Å². The quantitative estimate of drug-likeness (QED) is 0.480. The van der Waals surface area contributed by atoms with Gasteiger partial charge in [-0.05, 0) is 72.3 Å². The van der Waals surface area contributed by atoms with Gasteiger partial charge in [-0.3, -0.25) is 9.59 Å². The van der Waals surface area contributed by atoms with Crippen molar-refractivity contribution in [2.45, 2.75) is 72.0 Å². The SMILES string of the molecule is CC[C@H](C(=O)NC(C)(C)C)N(Cc1ccccc1)C(=O)COc1ccc(C(C)C)cc1Br. The van der Waals surface area contributed by atoms with Crippen LogP contribution in [0.25, 0.3) is 0 Å². The number of nitrogens with one attached hydrogen (secondary N) is 1. The Morgan fingerprint density at radius 2 is 1.75 bits per heavy atom. The molecule has 0 aliphatic heterocycles. The standard InChI is InChI=1S/C26H35BrN2O3/c1-7-22(25(31)28-26(4,5)6)29(16-19-11-9-8-10-12-19)24(30)17-32-23-14-13-20(18(2)3)15-21(23)27/h8-15,18,22H,7,16-17H2,1-6H3,(H,28,31)/t22-/m1/s1. The Morgan fingerprint density at radius 3 is 2.28 bits per heavy atom. The Bertz CT molecular complexity index is 907. The molecule has 32 heavy (non-hydrogen) atoms. The number of carbonyl (C=O) groups excluding carboxylic acids is 2. The summed E-state index contributed by atoms with van der Waals surface area (Å²) in [5, 5.41) is 3.01. The van der Waals surface area contributed by atoms with E-state index in [4.69, 9.17) is 4.74 Å². The summed E-state index contributed by atoms with van der Waals surface area (Å²) in [4.78, 5) is 27.9. The first-order valence-electron chi connectivity index (χ1n) is 11.1. The van der Waals surface area contributed by atoms with Crippen LogP contribution in [-0.4, -0.2) is 34.9 Å². The van der Waals surface area contributed by atoms with E-state index in [2.05, 4.69) is 35.1 Å². The Hall–Kier alpha value is -2.34. The molecule has 6 heteroatoms. The zero-order valence-corrected chi connectivity index (χ0v) is 21.5. The number of benzene rings is 2. The van der Waals surface area contributed by atoms with Gasteiger partial charge in [-0.2, -0.15) is 0 Å². The van der Waals surface area contributed by atoms with Crippen molar-refractivity contribution in [1.29, 1.82) is 0 Å². The van der Waals surface area contributed by atoms with Crippen LogP contribution in [0.15, 0.2) is 53.0 Å². The molecule has 0 radical (unpaired) electrons. The van der Waals surface area contributed by atoms with Crippen LogP contribution < -0.4 is 10.1 Å². The van der Waals surface area contributed by atoms with Crippen LogP contribution in [0.2, 0.25) is 0 Å². The van der Waals surface area contributed by atoms with Crippen LogP contribution in [0.3, 0.4) is 0 Å². The summed E-state index contributed by atoms with van der Waals surface area (Å²) in [5.74, 6) is 0.612. The van der Waals surface area contributed by atoms with Crippen molar-refractivity contribution < 1.29 is 14.3 Å². The van der Waals surface area contributed by atoms with E-state index in [0.717, 1.165) is 10.0 Å². The van der Waals surface area contributed by atoms with Crippen molar-refractivity contribution in [3.63, 3.8) is 0 Å². The number of nitrogens with zero attached hydrogens (tertiary/aromatic N) is 1. The van der Waals surface area contributed by atoms with Gasteiger partial charge in [0.2, 0.25) is 5.91 Å². The topological polar surface area (TPSA) is 58.6 Å². The first-order chi connectivity index (χ1) is 15.0. The minimum atomic E-state index is -0.586. The van der Waals surface area contributed by atoms with E-state index in [1.54, 1.807) is 4.90 Å². The Kier molecular flexibility index (Phi) is 9.32. The molecule has 1 atom stereocenters. The molecule has 0 fully saturated rings. The number of carbonyl (C=O) groups is 2. The van der Waals surface area contributed by atoms with Crippen molar-refractivity contribution in [2.24, 2.45) is 0 Å². The van der Waals surface area contributed by atoms with E-state index in [1.165, 1.54) is 5.56 Å². The van der Waals surface area contributed by atoms with Gasteiger partial charge in [0, 0.05) is 12.1 Å². The minimum Gasteiger partial charge on any atom is -0.483 e. The number of ether oxygens (including phenoxy) is 1. The summed E-state index contributed by atoms with van der Waals surface area (Å²) >= 11 is 3.54. The lowest BCUT2D eigenvalue weighted by Gasteiger charge is -2.33. The first kappa shape index (κ1) is 25.9. The van der Waals surface area contributed by atoms with Crippen molar-refractivity contribution in [1.82, 2.24) is 10.2 Å². The summed E-state index contributed by atoms with van der Waals surface area (Å²) in [7, 11) is 0. The number of halogens is 1. The maximum atomic E-state index is 13.3. The summed E-state index contributed by atoms with van der Waals surface area (Å²) in [6.45, 7) is 12.2. The number of rotatable bonds is 9. The highest BCUT2D eigenvalue weighted by molar-refractivity contribution is 9.10. The van der Waals surface area contributed by atoms with Crippen LogP contribution in [0.5, 0.6) is 5.75 Å². The van der Waals surface area contributed by atoms with E-state index >= 15 is 0 Å². The lowest BCUT2D eigenvalue weighted by Crippen LogP contribution is -2.54. The van der Waals surface area contributed by atoms with Crippen LogP contribution in [0.1, 0.15) is 65.0 Å². The average Bonchev–Trinajstić information content (AvgIpc) is 2.71. The molecule has 0 spiro atoms. The van der Waals surface area contributed by atoms with E-state index in [9.17, 15) is 9.59 Å². The predicted octanol–water partition coefficient (Wildman–Crippen LogP) is 5.67. The number of hydrogen-bond acceptors (Lipinski definition) is 3. The minimum absolute atomic E-state index is 0.147. The summed E-state index contributed by atoms with van der Waals surface area (Å²) in [5.41, 5.74) is 1.77. The molecule has 0 heterocycles. The third kappa shape index (κ3) is 7.66. The molecule has 2 amide bonds. The van der Waals surface area contributed by atoms with Crippen molar-refractivity contribution in [3.8, 4) is 5.75 Å². The molecule has 1 N–H and O–H groups in total. The van der Waals surface area contributed by atoms with Gasteiger partial charge < -0.3 is 15.0 Å². The molecule has 0 aliphatic carbocycles. The molecule has 0 saturated carbocycles. The van der Waals surface area contributed by atoms with Crippen LogP contribution in [0, 0.1) is 0 Å². The second-order valence-corrected chi connectivity index (χ2v) is 10.2. The molecule has 2 aromatic rings. The highest BCUT2D eigenvalue weighted by atomic mass is 79.9. The van der Waals surface area contributed by atoms with Crippen molar-refractivity contribution in [3.05, 3.63) is 64.1 Å². The maximum Gasteiger partial charge on any atom is 0.261 e. The number of hydrogen-bond donors (Lipinski definition) is 1. The molecule has 5 nitrogen and oxygen atoms in total. The molecule has 0 unspecified atom stereocenters. The third-order valence-corrected chi connectivity index (χ3v) is 5.67. The molecule has 0 aliphatic rings. The van der Waals surface area contributed by atoms with Crippen molar-refractivity contribution >= 4 is 27.7 Å². The fourth-order valence-electron chi connectivity index (χ4n) is 3.37. The average molecular weight is 503 g/mol. The Balaban J connectivity index is 2.22. The van der Waals surface area contributed by atoms with E-state index in [1.807, 2.05) is 76.2 Å². The maximum absolute atomic E-state index is 13.3. The molecular weight excluding hydrogens is 468 g/mol. The highest BCUT2D eigenvalue weighted by Crippen LogP contribution is 2.29. The van der Waals surface area contributed by atoms with E-state index in [-0.39, 0.29) is 24.0 Å². The van der Waals surface area contributed by atoms with E-state index in [0.29, 0.717) is 24.6 Å². The zero-order chi connectivity index (χ0) is 23.9. The van der Waals surface area contributed by atoms with Gasteiger partial charge in [-0.15, -0.1) is 0 Å². The molecule has 174 valence electrons. The fraction of sp³-hybridized carbons (Fsp3) is 0.462. The van der Waals surface area contributed by atoms with Gasteiger partial charge in [0.05, 0.1) is 4.47 Å². The highest BCUT2D eigenvalue weighted by Gasteiger charge is 2.31. The van der Waals surface area contributed by atoms with Crippen LogP contribution in [0.4, 0.5) is 0 Å². The summed E-state index contributed by atoms with van der Waals surface area (Å²) in [6, 6.07) is 15.0. The molecule has 2 aromatic carbocycles. The van der Waals surface area contributed by atoms with Gasteiger partial charge in [0.15, 0.2) is 6.61 Å². The largest absolute Gasteiger partial charge is 0.483 e. The molecule has 0 aromatic heterocycles. The first-order valence-corrected chi connectivity index (χ1v) is 11.9. The van der Waals surface area contributed by atoms with Crippen molar-refractivity contribution in [2.75, 3.05) is 6.61 Å². The molecular formula is C26H35BrN2O3. The summed E-state index contributed by atoms with van der Waals surface area (Å²) in [6.07, 6.45) is 0.507. The van der Waals surface area contributed by atoms with Gasteiger partial charge in [0.1, 0.15) is 11.8 Å². The van der Waals surface area contributed by atoms with Crippen LogP contribution >= 0.6 is 15.9 Å². The van der Waals surface area contributed by atoms with Gasteiger partial charge in [0.25, 0.3) is 5.91 Å². The van der Waals surface area contributed by atoms with Gasteiger partial charge >= 0.3 is 0 Å². The van der Waals surface area contributed by atoms with Gasteiger partial charge in [-0.1, -0.05) is 57.2 Å². The predicted molar refractivity (Wildman–Crippen MR) is 133 cm³/mol. The molecule has 0 saturated heterocycles. The lowest BCUT2D eigenvalue weighted by atomic mass is 10.0. The normalized spacial score (nSPS) is 12.4. The van der Waals surface area contributed by atoms with Gasteiger partial charge in [-0.25, -0.2) is 0 Å². The monoisotopic (exact) mass is 502 g/mol. The Morgan fingerprint density at radius 1 is 1.09 bits per heavy atom.